The monoisotopic (exact) mass is 644 g/mol. The topological polar surface area (TPSA) is 56.7 Å². The van der Waals surface area contributed by atoms with E-state index in [1.54, 1.807) is 0 Å². The smallest absolute Gasteiger partial charge is 0.238 e. The fraction of sp³-hybridized carbons (Fsp3) is 0. The van der Waals surface area contributed by atoms with Crippen LogP contribution in [0.15, 0.2) is 150 Å². The molecular formula is C43H24N4OS. The first-order chi connectivity index (χ1) is 24.3. The Kier molecular flexibility index (Phi) is 5.48. The third-order valence-corrected chi connectivity index (χ3v) is 10.9. The molecule has 0 unspecified atom stereocenters. The summed E-state index contributed by atoms with van der Waals surface area (Å²) in [5.74, 6) is 1.84. The van der Waals surface area contributed by atoms with E-state index in [2.05, 4.69) is 120 Å². The molecule has 6 heteroatoms. The summed E-state index contributed by atoms with van der Waals surface area (Å²) in [7, 11) is 0. The van der Waals surface area contributed by atoms with Crippen LogP contribution >= 0.6 is 11.3 Å². The number of hydrogen-bond acceptors (Lipinski definition) is 5. The first-order valence-corrected chi connectivity index (χ1v) is 17.1. The molecule has 0 saturated carbocycles. The molecule has 4 aromatic heterocycles. The average Bonchev–Trinajstić information content (AvgIpc) is 3.84. The van der Waals surface area contributed by atoms with Crippen LogP contribution in [0, 0.1) is 0 Å². The van der Waals surface area contributed by atoms with Crippen molar-refractivity contribution in [3.05, 3.63) is 146 Å². The van der Waals surface area contributed by atoms with Crippen molar-refractivity contribution in [2.24, 2.45) is 0 Å². The van der Waals surface area contributed by atoms with Gasteiger partial charge in [0.25, 0.3) is 0 Å². The Bertz CT molecular complexity index is 3120. The van der Waals surface area contributed by atoms with E-state index in [0.717, 1.165) is 54.9 Å². The van der Waals surface area contributed by atoms with E-state index in [1.807, 2.05) is 41.7 Å². The predicted molar refractivity (Wildman–Crippen MR) is 203 cm³/mol. The zero-order valence-electron chi connectivity index (χ0n) is 26.0. The number of hydrogen-bond donors (Lipinski definition) is 0. The van der Waals surface area contributed by atoms with E-state index >= 15 is 0 Å². The van der Waals surface area contributed by atoms with Gasteiger partial charge in [-0.25, -0.2) is 4.98 Å². The Labute approximate surface area is 283 Å². The third-order valence-electron chi connectivity index (χ3n) is 9.65. The standard InChI is InChI=1S/C43H24N4OS/c1-2-10-25(11-3-1)41-44-42(27-18-20-28-26(24-27)19-23-36-38(28)32-14-5-8-16-35(32)48-36)46-43(45-41)47-33-15-7-4-13-31(33)39-34(47)22-21-30-29-12-6-9-17-37(29)49-40(30)39/h1-24H. The molecule has 11 rings (SSSR count). The van der Waals surface area contributed by atoms with Gasteiger partial charge in [0.15, 0.2) is 11.6 Å². The maximum atomic E-state index is 6.18. The van der Waals surface area contributed by atoms with Gasteiger partial charge < -0.3 is 4.42 Å². The Hall–Kier alpha value is -6.37. The number of nitrogens with zero attached hydrogens (tertiary/aromatic N) is 4. The van der Waals surface area contributed by atoms with Crippen LogP contribution in [0.2, 0.25) is 0 Å². The fourth-order valence-corrected chi connectivity index (χ4v) is 8.71. The van der Waals surface area contributed by atoms with Gasteiger partial charge in [-0.05, 0) is 47.2 Å². The van der Waals surface area contributed by atoms with Gasteiger partial charge in [-0.2, -0.15) is 9.97 Å². The summed E-state index contributed by atoms with van der Waals surface area (Å²) in [5.41, 5.74) is 5.77. The van der Waals surface area contributed by atoms with Crippen LogP contribution in [0.25, 0.3) is 103 Å². The van der Waals surface area contributed by atoms with Gasteiger partial charge in [0.05, 0.1) is 11.0 Å². The summed E-state index contributed by atoms with van der Waals surface area (Å²) < 4.78 is 10.9. The number of fused-ring (bicyclic) bond motifs is 12. The van der Waals surface area contributed by atoms with E-state index in [1.165, 1.54) is 30.9 Å². The van der Waals surface area contributed by atoms with Gasteiger partial charge >= 0.3 is 0 Å². The third kappa shape index (κ3) is 3.89. The molecule has 0 bridgehead atoms. The van der Waals surface area contributed by atoms with E-state index in [9.17, 15) is 0 Å². The Balaban J connectivity index is 1.18. The minimum atomic E-state index is 0.590. The quantitative estimate of drug-likeness (QED) is 0.192. The summed E-state index contributed by atoms with van der Waals surface area (Å²) in [6.07, 6.45) is 0. The maximum absolute atomic E-state index is 6.18. The SMILES string of the molecule is c1ccc(-c2nc(-c3ccc4c(ccc5oc6ccccc6c54)c3)nc(-n3c4ccccc4c4c5sc6ccccc6c5ccc43)n2)cc1. The number of thiophene rings is 1. The predicted octanol–water partition coefficient (Wildman–Crippen LogP) is 11.7. The molecule has 49 heavy (non-hydrogen) atoms. The van der Waals surface area contributed by atoms with Crippen LogP contribution in [0.3, 0.4) is 0 Å². The van der Waals surface area contributed by atoms with Crippen LogP contribution in [0.1, 0.15) is 0 Å². The van der Waals surface area contributed by atoms with Crippen LogP contribution in [0.4, 0.5) is 0 Å². The summed E-state index contributed by atoms with van der Waals surface area (Å²) in [5, 5.41) is 9.43. The Morgan fingerprint density at radius 1 is 0.469 bits per heavy atom. The first-order valence-electron chi connectivity index (χ1n) is 16.3. The zero-order valence-corrected chi connectivity index (χ0v) is 26.8. The molecule has 11 aromatic rings. The second-order valence-corrected chi connectivity index (χ2v) is 13.5. The van der Waals surface area contributed by atoms with E-state index in [0.29, 0.717) is 17.6 Å². The molecule has 5 nitrogen and oxygen atoms in total. The van der Waals surface area contributed by atoms with Crippen LogP contribution in [-0.2, 0) is 0 Å². The van der Waals surface area contributed by atoms with Crippen molar-refractivity contribution in [3.8, 4) is 28.7 Å². The molecule has 4 heterocycles. The minimum absolute atomic E-state index is 0.590. The van der Waals surface area contributed by atoms with E-state index in [4.69, 9.17) is 19.4 Å². The first kappa shape index (κ1) is 26.7. The van der Waals surface area contributed by atoms with Gasteiger partial charge in [-0.15, -0.1) is 11.3 Å². The number of rotatable bonds is 3. The highest BCUT2D eigenvalue weighted by atomic mass is 32.1. The lowest BCUT2D eigenvalue weighted by atomic mass is 10.0. The average molecular weight is 645 g/mol. The molecule has 0 aliphatic heterocycles. The largest absolute Gasteiger partial charge is 0.456 e. The molecule has 0 aliphatic carbocycles. The number of aromatic nitrogens is 4. The lowest BCUT2D eigenvalue weighted by Gasteiger charge is -2.11. The van der Waals surface area contributed by atoms with Crippen molar-refractivity contribution in [2.45, 2.75) is 0 Å². The van der Waals surface area contributed by atoms with Crippen molar-refractivity contribution in [1.82, 2.24) is 19.5 Å². The number of furan rings is 1. The van der Waals surface area contributed by atoms with Crippen LogP contribution < -0.4 is 0 Å². The second-order valence-electron chi connectivity index (χ2n) is 12.4. The summed E-state index contributed by atoms with van der Waals surface area (Å²) >= 11 is 1.84. The molecule has 0 aliphatic rings. The van der Waals surface area contributed by atoms with Gasteiger partial charge in [-0.3, -0.25) is 4.57 Å². The minimum Gasteiger partial charge on any atom is -0.456 e. The second kappa shape index (κ2) is 10.1. The molecule has 0 radical (unpaired) electrons. The van der Waals surface area contributed by atoms with Crippen molar-refractivity contribution >= 4 is 86.0 Å². The maximum Gasteiger partial charge on any atom is 0.238 e. The molecule has 0 atom stereocenters. The molecule has 0 amide bonds. The van der Waals surface area contributed by atoms with E-state index < -0.39 is 0 Å². The lowest BCUT2D eigenvalue weighted by molar-refractivity contribution is 0.669. The van der Waals surface area contributed by atoms with Gasteiger partial charge in [-0.1, -0.05) is 109 Å². The molecule has 228 valence electrons. The number of benzene rings is 7. The van der Waals surface area contributed by atoms with Crippen molar-refractivity contribution in [2.75, 3.05) is 0 Å². The normalized spacial score (nSPS) is 12.1. The summed E-state index contributed by atoms with van der Waals surface area (Å²) in [4.78, 5) is 15.5. The molecule has 0 N–H and O–H groups in total. The van der Waals surface area contributed by atoms with Crippen molar-refractivity contribution in [1.29, 1.82) is 0 Å². The molecular weight excluding hydrogens is 621 g/mol. The van der Waals surface area contributed by atoms with Crippen molar-refractivity contribution in [3.63, 3.8) is 0 Å². The molecule has 7 aromatic carbocycles. The summed E-state index contributed by atoms with van der Waals surface area (Å²) in [6.45, 7) is 0. The summed E-state index contributed by atoms with van der Waals surface area (Å²) in [6, 6.07) is 50.7. The molecule has 0 saturated heterocycles. The van der Waals surface area contributed by atoms with Gasteiger partial charge in [0.2, 0.25) is 5.95 Å². The Morgan fingerprint density at radius 2 is 1.20 bits per heavy atom. The fourth-order valence-electron chi connectivity index (χ4n) is 7.45. The highest BCUT2D eigenvalue weighted by Crippen LogP contribution is 2.43. The number of para-hydroxylation sites is 2. The highest BCUT2D eigenvalue weighted by Gasteiger charge is 2.21. The highest BCUT2D eigenvalue weighted by molar-refractivity contribution is 7.26. The van der Waals surface area contributed by atoms with Crippen LogP contribution in [0.5, 0.6) is 0 Å². The zero-order chi connectivity index (χ0) is 32.1. The Morgan fingerprint density at radius 3 is 2.10 bits per heavy atom. The van der Waals surface area contributed by atoms with Crippen molar-refractivity contribution < 1.29 is 4.42 Å². The lowest BCUT2D eigenvalue weighted by Crippen LogP contribution is -2.06. The molecule has 0 fully saturated rings. The van der Waals surface area contributed by atoms with E-state index in [-0.39, 0.29) is 0 Å². The van der Waals surface area contributed by atoms with Gasteiger partial charge in [0, 0.05) is 52.8 Å². The molecule has 0 spiro atoms. The van der Waals surface area contributed by atoms with Gasteiger partial charge in [0.1, 0.15) is 11.2 Å². The van der Waals surface area contributed by atoms with Crippen LogP contribution in [-0.4, -0.2) is 19.5 Å².